The molecular weight excluding hydrogens is 487 g/mol. The summed E-state index contributed by atoms with van der Waals surface area (Å²) in [5.41, 5.74) is 1.18. The molecule has 0 bridgehead atoms. The zero-order chi connectivity index (χ0) is 23.6. The fraction of sp³-hybridized carbons (Fsp3) is 0.458. The Morgan fingerprint density at radius 1 is 1.15 bits per heavy atom. The molecule has 33 heavy (non-hydrogen) atoms. The number of ether oxygens (including phenoxy) is 2. The van der Waals surface area contributed by atoms with E-state index in [2.05, 4.69) is 10.6 Å². The van der Waals surface area contributed by atoms with Gasteiger partial charge in [0.15, 0.2) is 0 Å². The predicted molar refractivity (Wildman–Crippen MR) is 129 cm³/mol. The number of rotatable bonds is 6. The molecule has 2 aromatic carbocycles. The number of amides is 1. The molecule has 2 aliphatic rings. The van der Waals surface area contributed by atoms with E-state index in [1.165, 1.54) is 0 Å². The second-order valence-electron chi connectivity index (χ2n) is 8.60. The molecule has 0 spiro atoms. The summed E-state index contributed by atoms with van der Waals surface area (Å²) < 4.78 is 10.2. The molecule has 6 nitrogen and oxygen atoms in total. The van der Waals surface area contributed by atoms with Gasteiger partial charge in [0.05, 0.1) is 12.1 Å². The van der Waals surface area contributed by atoms with Crippen molar-refractivity contribution in [3.63, 3.8) is 0 Å². The van der Waals surface area contributed by atoms with Gasteiger partial charge in [0.1, 0.15) is 12.8 Å². The number of methoxy groups -OCH3 is 1. The maximum atomic E-state index is 12.6. The van der Waals surface area contributed by atoms with Crippen molar-refractivity contribution in [2.24, 2.45) is 5.92 Å². The van der Waals surface area contributed by atoms with Gasteiger partial charge < -0.3 is 19.9 Å². The van der Waals surface area contributed by atoms with Crippen molar-refractivity contribution in [2.45, 2.75) is 36.4 Å². The molecule has 3 N–H and O–H groups in total. The van der Waals surface area contributed by atoms with Gasteiger partial charge in [-0.05, 0) is 60.1 Å². The first-order valence-corrected chi connectivity index (χ1v) is 12.0. The molecule has 2 aromatic rings. The van der Waals surface area contributed by atoms with E-state index in [0.717, 1.165) is 11.1 Å². The minimum Gasteiger partial charge on any atom is -0.447 e. The first-order chi connectivity index (χ1) is 15.9. The molecule has 1 unspecified atom stereocenters. The molecule has 0 radical (unpaired) electrons. The van der Waals surface area contributed by atoms with E-state index in [1.54, 1.807) is 13.2 Å². The number of fused-ring (bicyclic) bond motifs is 1. The Balaban J connectivity index is 1.72. The summed E-state index contributed by atoms with van der Waals surface area (Å²) in [7, 11) is 1.54. The fourth-order valence-corrected chi connectivity index (χ4v) is 6.07. The molecule has 4 rings (SSSR count). The average Bonchev–Trinajstić information content (AvgIpc) is 3.10. The summed E-state index contributed by atoms with van der Waals surface area (Å²) in [4.78, 5) is 12.6. The average molecular weight is 514 g/mol. The zero-order valence-corrected chi connectivity index (χ0v) is 20.5. The Kier molecular flexibility index (Phi) is 7.73. The minimum absolute atomic E-state index is 0.0429. The normalized spacial score (nSPS) is 28.9. The number of aliphatic hydroxyl groups excluding tert-OH is 1. The Morgan fingerprint density at radius 2 is 1.88 bits per heavy atom. The van der Waals surface area contributed by atoms with Crippen LogP contribution in [0.1, 0.15) is 35.8 Å². The number of benzene rings is 2. The van der Waals surface area contributed by atoms with Crippen molar-refractivity contribution in [2.75, 3.05) is 26.9 Å². The predicted octanol–water partition coefficient (Wildman–Crippen LogP) is 4.96. The molecule has 1 saturated carbocycles. The van der Waals surface area contributed by atoms with E-state index in [1.807, 2.05) is 36.4 Å². The maximum absolute atomic E-state index is 12.6. The van der Waals surface area contributed by atoms with Gasteiger partial charge in [0.25, 0.3) is 0 Å². The van der Waals surface area contributed by atoms with Crippen LogP contribution in [0.4, 0.5) is 4.79 Å². The lowest BCUT2D eigenvalue weighted by Crippen LogP contribution is -2.62. The number of carbonyl (C=O) groups excluding carboxylic acids is 1. The van der Waals surface area contributed by atoms with Gasteiger partial charge in [-0.15, -0.1) is 0 Å². The quantitative estimate of drug-likeness (QED) is 0.476. The van der Waals surface area contributed by atoms with Crippen LogP contribution < -0.4 is 10.6 Å². The number of hydrogen-bond donors (Lipinski definition) is 3. The number of nitrogens with one attached hydrogen (secondary N) is 2. The largest absolute Gasteiger partial charge is 0.447 e. The second kappa shape index (κ2) is 10.4. The first kappa shape index (κ1) is 24.6. The van der Waals surface area contributed by atoms with E-state index >= 15 is 0 Å². The Labute approximate surface area is 208 Å². The van der Waals surface area contributed by atoms with Gasteiger partial charge in [0.2, 0.25) is 0 Å². The van der Waals surface area contributed by atoms with E-state index in [9.17, 15) is 9.90 Å². The lowest BCUT2D eigenvalue weighted by molar-refractivity contribution is 0.0119. The standard InChI is InChI=1S/C24H27Cl3N2O4/c1-32-10-11-33-23(31)29-24-9-8-18(17-7-6-16(26)12-20(17)27)21(19(24)13-28-22(24)30)14-2-4-15(25)5-3-14/h2-7,12,18-19,21-22,28,30H,8-11,13H2,1H3,(H,29,31)/t18-,19-,21-,22?,24-/m0/s1. The van der Waals surface area contributed by atoms with E-state index in [0.29, 0.717) is 41.1 Å². The van der Waals surface area contributed by atoms with Crippen LogP contribution in [0.25, 0.3) is 0 Å². The Hall–Kier alpha value is -1.54. The van der Waals surface area contributed by atoms with Crippen molar-refractivity contribution in [3.8, 4) is 0 Å². The van der Waals surface area contributed by atoms with Crippen LogP contribution in [0, 0.1) is 5.92 Å². The Morgan fingerprint density at radius 3 is 2.58 bits per heavy atom. The maximum Gasteiger partial charge on any atom is 0.407 e. The van der Waals surface area contributed by atoms with Gasteiger partial charge >= 0.3 is 6.09 Å². The third-order valence-electron chi connectivity index (χ3n) is 6.89. The monoisotopic (exact) mass is 512 g/mol. The zero-order valence-electron chi connectivity index (χ0n) is 18.2. The molecule has 1 aliphatic heterocycles. The van der Waals surface area contributed by atoms with Crippen molar-refractivity contribution < 1.29 is 19.4 Å². The smallest absolute Gasteiger partial charge is 0.407 e. The van der Waals surface area contributed by atoms with Gasteiger partial charge in [-0.1, -0.05) is 53.0 Å². The van der Waals surface area contributed by atoms with Crippen LogP contribution in [0.2, 0.25) is 15.1 Å². The lowest BCUT2D eigenvalue weighted by atomic mass is 9.59. The molecule has 1 saturated heterocycles. The number of carbonyl (C=O) groups is 1. The van der Waals surface area contributed by atoms with Gasteiger partial charge in [-0.2, -0.15) is 0 Å². The SMILES string of the molecule is COCCOC(=O)N[C@@]12CC[C@@H](c3ccc(Cl)cc3Cl)[C@H](c3ccc(Cl)cc3)[C@@H]1CNC2O. The highest BCUT2D eigenvalue weighted by molar-refractivity contribution is 6.35. The molecule has 0 aromatic heterocycles. The molecule has 2 fully saturated rings. The topological polar surface area (TPSA) is 79.8 Å². The van der Waals surface area contributed by atoms with E-state index in [4.69, 9.17) is 44.3 Å². The molecule has 1 heterocycles. The fourth-order valence-electron chi connectivity index (χ4n) is 5.40. The van der Waals surface area contributed by atoms with E-state index < -0.39 is 17.9 Å². The van der Waals surface area contributed by atoms with Crippen LogP contribution in [0.15, 0.2) is 42.5 Å². The summed E-state index contributed by atoms with van der Waals surface area (Å²) in [5, 5.41) is 19.0. The summed E-state index contributed by atoms with van der Waals surface area (Å²) in [6, 6.07) is 13.3. The van der Waals surface area contributed by atoms with Crippen molar-refractivity contribution in [1.29, 1.82) is 0 Å². The number of halogens is 3. The van der Waals surface area contributed by atoms with Crippen molar-refractivity contribution >= 4 is 40.9 Å². The number of aliphatic hydroxyl groups is 1. The van der Waals surface area contributed by atoms with Crippen LogP contribution in [-0.4, -0.2) is 49.8 Å². The minimum atomic E-state index is -0.908. The highest BCUT2D eigenvalue weighted by Crippen LogP contribution is 2.55. The second-order valence-corrected chi connectivity index (χ2v) is 9.88. The van der Waals surface area contributed by atoms with Gasteiger partial charge in [0, 0.05) is 34.6 Å². The van der Waals surface area contributed by atoms with E-state index in [-0.39, 0.29) is 24.4 Å². The molecule has 5 atom stereocenters. The van der Waals surface area contributed by atoms with Gasteiger partial charge in [-0.25, -0.2) is 4.79 Å². The third-order valence-corrected chi connectivity index (χ3v) is 7.70. The summed E-state index contributed by atoms with van der Waals surface area (Å²) in [5.74, 6) is -0.0970. The lowest BCUT2D eigenvalue weighted by Gasteiger charge is -2.49. The van der Waals surface area contributed by atoms with Crippen LogP contribution in [-0.2, 0) is 9.47 Å². The molecule has 9 heteroatoms. The van der Waals surface area contributed by atoms with Gasteiger partial charge in [-0.3, -0.25) is 5.32 Å². The number of alkyl carbamates (subject to hydrolysis) is 1. The van der Waals surface area contributed by atoms with Crippen molar-refractivity contribution in [3.05, 3.63) is 68.7 Å². The highest BCUT2D eigenvalue weighted by Gasteiger charge is 2.58. The Bertz CT molecular complexity index is 990. The molecule has 178 valence electrons. The molecular formula is C24H27Cl3N2O4. The first-order valence-electron chi connectivity index (χ1n) is 10.9. The molecule has 1 aliphatic carbocycles. The van der Waals surface area contributed by atoms with Crippen LogP contribution in [0.5, 0.6) is 0 Å². The highest BCUT2D eigenvalue weighted by atomic mass is 35.5. The third kappa shape index (κ3) is 4.97. The summed E-state index contributed by atoms with van der Waals surface area (Å²) in [6.45, 7) is 0.958. The van der Waals surface area contributed by atoms with Crippen LogP contribution in [0.3, 0.4) is 0 Å². The number of hydrogen-bond acceptors (Lipinski definition) is 5. The summed E-state index contributed by atoms with van der Waals surface area (Å²) >= 11 is 19.0. The van der Waals surface area contributed by atoms with Crippen molar-refractivity contribution in [1.82, 2.24) is 10.6 Å². The summed E-state index contributed by atoms with van der Waals surface area (Å²) in [6.07, 6.45) is -0.229. The molecule has 1 amide bonds. The van der Waals surface area contributed by atoms with Crippen LogP contribution >= 0.6 is 34.8 Å².